The van der Waals surface area contributed by atoms with Gasteiger partial charge in [-0.15, -0.1) is 4.91 Å². The zero-order valence-electron chi connectivity index (χ0n) is 8.74. The third-order valence-electron chi connectivity index (χ3n) is 2.45. The van der Waals surface area contributed by atoms with Crippen LogP contribution in [0.25, 0.3) is 5.70 Å². The lowest BCUT2D eigenvalue weighted by Gasteiger charge is -2.27. The number of halogens is 3. The Kier molecular flexibility index (Phi) is 2.87. The molecule has 0 atom stereocenters. The van der Waals surface area contributed by atoms with E-state index in [1.807, 2.05) is 0 Å². The molecule has 0 amide bonds. The van der Waals surface area contributed by atoms with Gasteiger partial charge in [-0.2, -0.15) is 13.2 Å². The maximum Gasteiger partial charge on any atom is 0.405 e. The number of nitrogens with zero attached hydrogens (tertiary/aromatic N) is 2. The van der Waals surface area contributed by atoms with Gasteiger partial charge in [-0.25, -0.2) is 0 Å². The fourth-order valence-electron chi connectivity index (χ4n) is 1.82. The highest BCUT2D eigenvalue weighted by molar-refractivity contribution is 5.68. The van der Waals surface area contributed by atoms with Crippen molar-refractivity contribution < 1.29 is 13.2 Å². The summed E-state index contributed by atoms with van der Waals surface area (Å²) >= 11 is 0. The molecule has 0 bridgehead atoms. The van der Waals surface area contributed by atoms with Gasteiger partial charge < -0.3 is 4.90 Å². The first kappa shape index (κ1) is 11.6. The summed E-state index contributed by atoms with van der Waals surface area (Å²) in [6.07, 6.45) is -3.14. The Morgan fingerprint density at radius 1 is 1.29 bits per heavy atom. The summed E-state index contributed by atoms with van der Waals surface area (Å²) in [7, 11) is 0. The minimum absolute atomic E-state index is 0.0381. The molecule has 0 aromatic heterocycles. The fourth-order valence-corrected chi connectivity index (χ4v) is 1.82. The number of hydrogen-bond donors (Lipinski definition) is 0. The van der Waals surface area contributed by atoms with Gasteiger partial charge in [-0.1, -0.05) is 24.3 Å². The molecule has 0 saturated heterocycles. The molecule has 90 valence electrons. The normalized spacial score (nSPS) is 15.2. The largest absolute Gasteiger partial charge is 0.405 e. The quantitative estimate of drug-likeness (QED) is 0.746. The zero-order chi connectivity index (χ0) is 12.5. The average Bonchev–Trinajstić information content (AvgIpc) is 2.25. The molecule has 0 N–H and O–H groups in total. The van der Waals surface area contributed by atoms with Gasteiger partial charge in [0, 0.05) is 18.3 Å². The lowest BCUT2D eigenvalue weighted by Crippen LogP contribution is -2.31. The van der Waals surface area contributed by atoms with Crippen molar-refractivity contribution in [2.45, 2.75) is 12.7 Å². The monoisotopic (exact) mass is 242 g/mol. The summed E-state index contributed by atoms with van der Waals surface area (Å²) in [5.74, 6) is 0. The van der Waals surface area contributed by atoms with E-state index in [2.05, 4.69) is 5.18 Å². The van der Waals surface area contributed by atoms with Crippen LogP contribution < -0.4 is 0 Å². The van der Waals surface area contributed by atoms with Crippen molar-refractivity contribution in [3.8, 4) is 0 Å². The SMILES string of the molecule is O=NC1=CN(CC(F)(F)F)Cc2ccccc21. The second-order valence-electron chi connectivity index (χ2n) is 3.78. The van der Waals surface area contributed by atoms with Crippen molar-refractivity contribution in [2.24, 2.45) is 5.18 Å². The van der Waals surface area contributed by atoms with Crippen LogP contribution in [0.5, 0.6) is 0 Å². The van der Waals surface area contributed by atoms with E-state index in [9.17, 15) is 18.1 Å². The summed E-state index contributed by atoms with van der Waals surface area (Å²) in [4.78, 5) is 11.6. The van der Waals surface area contributed by atoms with Crippen LogP contribution in [0.3, 0.4) is 0 Å². The molecule has 1 aromatic carbocycles. The van der Waals surface area contributed by atoms with Gasteiger partial charge in [-0.3, -0.25) is 0 Å². The second-order valence-corrected chi connectivity index (χ2v) is 3.78. The smallest absolute Gasteiger partial charge is 0.362 e. The van der Waals surface area contributed by atoms with Crippen molar-refractivity contribution in [1.29, 1.82) is 0 Å². The van der Waals surface area contributed by atoms with Gasteiger partial charge in [0.2, 0.25) is 0 Å². The standard InChI is InChI=1S/C11H9F3N2O/c12-11(13,14)7-16-5-8-3-1-2-4-9(8)10(6-16)15-17/h1-4,6H,5,7H2. The van der Waals surface area contributed by atoms with Crippen molar-refractivity contribution in [3.63, 3.8) is 0 Å². The van der Waals surface area contributed by atoms with E-state index < -0.39 is 12.7 Å². The van der Waals surface area contributed by atoms with Gasteiger partial charge in [0.25, 0.3) is 0 Å². The van der Waals surface area contributed by atoms with E-state index in [1.54, 1.807) is 24.3 Å². The van der Waals surface area contributed by atoms with Crippen LogP contribution in [0.15, 0.2) is 35.6 Å². The molecule has 0 fully saturated rings. The Hall–Kier alpha value is -1.85. The van der Waals surface area contributed by atoms with Crippen molar-refractivity contribution in [2.75, 3.05) is 6.54 Å². The molecule has 1 aliphatic rings. The summed E-state index contributed by atoms with van der Waals surface area (Å²) in [6.45, 7) is -0.949. The number of nitroso groups, excluding NO2 is 1. The molecule has 1 aromatic rings. The predicted molar refractivity (Wildman–Crippen MR) is 56.7 cm³/mol. The molecule has 0 spiro atoms. The molecule has 2 rings (SSSR count). The fraction of sp³-hybridized carbons (Fsp3) is 0.273. The van der Waals surface area contributed by atoms with E-state index in [-0.39, 0.29) is 12.2 Å². The molecule has 0 unspecified atom stereocenters. The van der Waals surface area contributed by atoms with Gasteiger partial charge in [0.05, 0.1) is 0 Å². The Morgan fingerprint density at radius 3 is 2.65 bits per heavy atom. The highest BCUT2D eigenvalue weighted by atomic mass is 19.4. The molecule has 1 aliphatic heterocycles. The summed E-state index contributed by atoms with van der Waals surface area (Å²) in [5, 5.41) is 2.77. The molecular weight excluding hydrogens is 233 g/mol. The predicted octanol–water partition coefficient (Wildman–Crippen LogP) is 3.13. The Bertz CT molecular complexity index is 468. The average molecular weight is 242 g/mol. The third-order valence-corrected chi connectivity index (χ3v) is 2.45. The molecule has 0 saturated carbocycles. The minimum atomic E-state index is -4.29. The molecule has 1 heterocycles. The first-order valence-electron chi connectivity index (χ1n) is 4.94. The van der Waals surface area contributed by atoms with Crippen LogP contribution in [0.1, 0.15) is 11.1 Å². The minimum Gasteiger partial charge on any atom is -0.362 e. The van der Waals surface area contributed by atoms with Crippen molar-refractivity contribution >= 4 is 5.70 Å². The van der Waals surface area contributed by atoms with Gasteiger partial charge in [0.15, 0.2) is 0 Å². The Labute approximate surface area is 95.5 Å². The first-order chi connectivity index (χ1) is 7.99. The van der Waals surface area contributed by atoms with Crippen molar-refractivity contribution in [3.05, 3.63) is 46.5 Å². The van der Waals surface area contributed by atoms with E-state index in [0.29, 0.717) is 11.1 Å². The molecule has 6 heteroatoms. The third kappa shape index (κ3) is 2.64. The lowest BCUT2D eigenvalue weighted by atomic mass is 10.0. The Balaban J connectivity index is 2.31. The van der Waals surface area contributed by atoms with Crippen LogP contribution in [-0.4, -0.2) is 17.6 Å². The van der Waals surface area contributed by atoms with Gasteiger partial charge in [0.1, 0.15) is 12.2 Å². The van der Waals surface area contributed by atoms with E-state index in [0.717, 1.165) is 11.1 Å². The maximum atomic E-state index is 12.3. The van der Waals surface area contributed by atoms with E-state index in [4.69, 9.17) is 0 Å². The van der Waals surface area contributed by atoms with Crippen LogP contribution in [0, 0.1) is 4.91 Å². The number of hydrogen-bond acceptors (Lipinski definition) is 3. The van der Waals surface area contributed by atoms with E-state index >= 15 is 0 Å². The molecule has 0 aliphatic carbocycles. The Morgan fingerprint density at radius 2 is 2.00 bits per heavy atom. The van der Waals surface area contributed by atoms with Gasteiger partial charge >= 0.3 is 6.18 Å². The number of rotatable bonds is 2. The second kappa shape index (κ2) is 4.20. The van der Waals surface area contributed by atoms with Crippen LogP contribution >= 0.6 is 0 Å². The van der Waals surface area contributed by atoms with Crippen molar-refractivity contribution in [1.82, 2.24) is 4.90 Å². The summed E-state index contributed by atoms with van der Waals surface area (Å²) in [6, 6.07) is 6.81. The highest BCUT2D eigenvalue weighted by Crippen LogP contribution is 2.29. The van der Waals surface area contributed by atoms with Crippen LogP contribution in [-0.2, 0) is 6.54 Å². The van der Waals surface area contributed by atoms with Crippen LogP contribution in [0.2, 0.25) is 0 Å². The molecule has 0 radical (unpaired) electrons. The first-order valence-corrected chi connectivity index (χ1v) is 4.94. The molecular formula is C11H9F3N2O. The summed E-state index contributed by atoms with van der Waals surface area (Å²) < 4.78 is 36.8. The summed E-state index contributed by atoms with van der Waals surface area (Å²) in [5.41, 5.74) is 1.31. The number of fused-ring (bicyclic) bond motifs is 1. The maximum absolute atomic E-state index is 12.3. The topological polar surface area (TPSA) is 32.7 Å². The molecule has 3 nitrogen and oxygen atoms in total. The van der Waals surface area contributed by atoms with Gasteiger partial charge in [-0.05, 0) is 10.7 Å². The highest BCUT2D eigenvalue weighted by Gasteiger charge is 2.31. The number of benzene rings is 1. The molecule has 17 heavy (non-hydrogen) atoms. The lowest BCUT2D eigenvalue weighted by molar-refractivity contribution is -0.141. The zero-order valence-corrected chi connectivity index (χ0v) is 8.74. The van der Waals surface area contributed by atoms with E-state index in [1.165, 1.54) is 0 Å². The van der Waals surface area contributed by atoms with Crippen LogP contribution in [0.4, 0.5) is 13.2 Å². The number of alkyl halides is 3.